The van der Waals surface area contributed by atoms with Crippen molar-refractivity contribution in [3.8, 4) is 0 Å². The van der Waals surface area contributed by atoms with Gasteiger partial charge in [0.05, 0.1) is 12.2 Å². The highest BCUT2D eigenvalue weighted by Gasteiger charge is 2.42. The molecule has 7 N–H and O–H groups in total. The lowest BCUT2D eigenvalue weighted by atomic mass is 10.00. The second kappa shape index (κ2) is 7.98. The van der Waals surface area contributed by atoms with Gasteiger partial charge >= 0.3 is 0 Å². The van der Waals surface area contributed by atoms with E-state index in [1.807, 2.05) is 0 Å². The van der Waals surface area contributed by atoms with Crippen molar-refractivity contribution < 1.29 is 35.1 Å². The van der Waals surface area contributed by atoms with Gasteiger partial charge in [-0.05, 0) is 12.1 Å². The highest BCUT2D eigenvalue weighted by molar-refractivity contribution is 5.92. The van der Waals surface area contributed by atoms with E-state index in [0.29, 0.717) is 5.56 Å². The van der Waals surface area contributed by atoms with Gasteiger partial charge < -0.3 is 36.0 Å². The van der Waals surface area contributed by atoms with E-state index in [4.69, 9.17) is 31.3 Å². The smallest absolute Gasteiger partial charge is 0.250 e. The molecular weight excluding hydrogens is 284 g/mol. The minimum absolute atomic E-state index is 0.442. The lowest BCUT2D eigenvalue weighted by Gasteiger charge is -2.37. The predicted octanol–water partition coefficient (Wildman–Crippen LogP) is -3.04. The number of rotatable bonds is 2. The lowest BCUT2D eigenvalue weighted by Crippen LogP contribution is -2.58. The normalized spacial score (nSPS) is 32.0. The van der Waals surface area contributed by atoms with Gasteiger partial charge in [-0.25, -0.2) is 0 Å². The first-order valence-electron chi connectivity index (χ1n) is 6.07. The number of aliphatic hydroxyl groups is 5. The predicted molar refractivity (Wildman–Crippen MR) is 68.7 cm³/mol. The van der Waals surface area contributed by atoms with Crippen LogP contribution in [0.1, 0.15) is 10.4 Å². The number of aliphatic hydroxyl groups excluding tert-OH is 5. The molecule has 9 heteroatoms. The topological polar surface area (TPSA) is 166 Å². The first kappa shape index (κ1) is 17.4. The standard InChI is InChI=1S/C6H6N2O.C6H12O6/c7-6(9)5-2-1-3-8-4-5;7-1-2-3(8)4(9)5(10)6(11)12-2/h1-4H,(H2,7,9);2-11H,1H2/t;2-,3-,4+,5-,6?/m.1/s1. The number of aromatic nitrogens is 1. The van der Waals surface area contributed by atoms with Crippen LogP contribution in [0.25, 0.3) is 0 Å². The molecule has 1 amide bonds. The number of carbonyl (C=O) groups excluding carboxylic acids is 1. The van der Waals surface area contributed by atoms with Crippen molar-refractivity contribution in [2.45, 2.75) is 30.7 Å². The Morgan fingerprint density at radius 2 is 1.90 bits per heavy atom. The van der Waals surface area contributed by atoms with Gasteiger partial charge in [-0.2, -0.15) is 0 Å². The zero-order valence-electron chi connectivity index (χ0n) is 11.0. The molecular formula is C12H18N2O7. The van der Waals surface area contributed by atoms with E-state index in [-0.39, 0.29) is 0 Å². The zero-order chi connectivity index (χ0) is 16.0. The van der Waals surface area contributed by atoms with E-state index in [2.05, 4.69) is 9.72 Å². The second-order valence-corrected chi connectivity index (χ2v) is 4.33. The van der Waals surface area contributed by atoms with Crippen molar-refractivity contribution in [3.63, 3.8) is 0 Å². The number of carbonyl (C=O) groups is 1. The van der Waals surface area contributed by atoms with Crippen LogP contribution in [0.4, 0.5) is 0 Å². The fraction of sp³-hybridized carbons (Fsp3) is 0.500. The van der Waals surface area contributed by atoms with Gasteiger partial charge in [0.2, 0.25) is 5.91 Å². The van der Waals surface area contributed by atoms with Crippen LogP contribution in [0.2, 0.25) is 0 Å². The van der Waals surface area contributed by atoms with Crippen molar-refractivity contribution >= 4 is 5.91 Å². The Kier molecular flexibility index (Phi) is 6.62. The summed E-state index contributed by atoms with van der Waals surface area (Å²) in [6.07, 6.45) is -4.02. The van der Waals surface area contributed by atoms with E-state index in [1.165, 1.54) is 6.20 Å². The molecule has 1 fully saturated rings. The molecule has 1 aromatic rings. The molecule has 1 aliphatic rings. The molecule has 2 heterocycles. The number of nitrogens with zero attached hydrogens (tertiary/aromatic N) is 1. The summed E-state index contributed by atoms with van der Waals surface area (Å²) in [6, 6.07) is 3.29. The van der Waals surface area contributed by atoms with Crippen LogP contribution >= 0.6 is 0 Å². The maximum atomic E-state index is 10.4. The third-order valence-corrected chi connectivity index (χ3v) is 2.81. The van der Waals surface area contributed by atoms with Crippen LogP contribution in [-0.4, -0.2) is 73.7 Å². The summed E-state index contributed by atoms with van der Waals surface area (Å²) in [5.41, 5.74) is 5.38. The molecule has 118 valence electrons. The molecule has 0 aromatic carbocycles. The number of pyridine rings is 1. The van der Waals surface area contributed by atoms with Crippen LogP contribution < -0.4 is 5.73 Å². The molecule has 0 aliphatic carbocycles. The Labute approximate surface area is 120 Å². The molecule has 1 aromatic heterocycles. The summed E-state index contributed by atoms with van der Waals surface area (Å²) in [5.74, 6) is -0.442. The van der Waals surface area contributed by atoms with Gasteiger partial charge in [-0.3, -0.25) is 9.78 Å². The Morgan fingerprint density at radius 3 is 2.33 bits per heavy atom. The van der Waals surface area contributed by atoms with Crippen LogP contribution in [-0.2, 0) is 4.74 Å². The minimum atomic E-state index is -1.57. The van der Waals surface area contributed by atoms with E-state index >= 15 is 0 Å². The molecule has 1 saturated heterocycles. The van der Waals surface area contributed by atoms with Crippen molar-refractivity contribution in [3.05, 3.63) is 30.1 Å². The van der Waals surface area contributed by atoms with Gasteiger partial charge in [-0.15, -0.1) is 0 Å². The van der Waals surface area contributed by atoms with E-state index < -0.39 is 43.2 Å². The first-order chi connectivity index (χ1) is 9.88. The average Bonchev–Trinajstić information content (AvgIpc) is 2.50. The van der Waals surface area contributed by atoms with E-state index in [1.54, 1.807) is 18.3 Å². The maximum Gasteiger partial charge on any atom is 0.250 e. The van der Waals surface area contributed by atoms with Gasteiger partial charge in [0.1, 0.15) is 24.4 Å². The third-order valence-electron chi connectivity index (χ3n) is 2.81. The number of hydrogen-bond acceptors (Lipinski definition) is 8. The van der Waals surface area contributed by atoms with Crippen molar-refractivity contribution in [1.82, 2.24) is 4.98 Å². The molecule has 0 spiro atoms. The van der Waals surface area contributed by atoms with Crippen molar-refractivity contribution in [2.75, 3.05) is 6.61 Å². The van der Waals surface area contributed by atoms with Crippen LogP contribution in [0.15, 0.2) is 24.5 Å². The molecule has 5 atom stereocenters. The first-order valence-corrected chi connectivity index (χ1v) is 6.07. The molecule has 9 nitrogen and oxygen atoms in total. The Morgan fingerprint density at radius 1 is 1.24 bits per heavy atom. The highest BCUT2D eigenvalue weighted by Crippen LogP contribution is 2.18. The molecule has 0 saturated carbocycles. The zero-order valence-corrected chi connectivity index (χ0v) is 11.0. The summed E-state index contributed by atoms with van der Waals surface area (Å²) in [5, 5.41) is 44.7. The minimum Gasteiger partial charge on any atom is -0.394 e. The van der Waals surface area contributed by atoms with Gasteiger partial charge in [0.25, 0.3) is 0 Å². The molecule has 2 rings (SSSR count). The van der Waals surface area contributed by atoms with Gasteiger partial charge in [0, 0.05) is 12.4 Å². The largest absolute Gasteiger partial charge is 0.394 e. The van der Waals surface area contributed by atoms with Crippen LogP contribution in [0.5, 0.6) is 0 Å². The number of nitrogens with two attached hydrogens (primary N) is 1. The average molecular weight is 302 g/mol. The third kappa shape index (κ3) is 4.70. The highest BCUT2D eigenvalue weighted by atomic mass is 16.6. The SMILES string of the molecule is NC(=O)c1cccnc1.OC[C@H]1OC(O)[C@H](O)[C@@H](O)[C@@H]1O. The van der Waals surface area contributed by atoms with Gasteiger partial charge in [0.15, 0.2) is 6.29 Å². The summed E-state index contributed by atoms with van der Waals surface area (Å²) in [4.78, 5) is 14.1. The summed E-state index contributed by atoms with van der Waals surface area (Å²) in [7, 11) is 0. The number of primary amides is 1. The van der Waals surface area contributed by atoms with E-state index in [0.717, 1.165) is 0 Å². The van der Waals surface area contributed by atoms with Gasteiger partial charge in [-0.1, -0.05) is 0 Å². The van der Waals surface area contributed by atoms with E-state index in [9.17, 15) is 4.79 Å². The fourth-order valence-corrected chi connectivity index (χ4v) is 1.59. The lowest BCUT2D eigenvalue weighted by molar-refractivity contribution is -0.286. The summed E-state index contributed by atoms with van der Waals surface area (Å²) >= 11 is 0. The second-order valence-electron chi connectivity index (χ2n) is 4.33. The molecule has 1 aliphatic heterocycles. The number of hydrogen-bond donors (Lipinski definition) is 6. The molecule has 0 bridgehead atoms. The Bertz CT molecular complexity index is 440. The summed E-state index contributed by atoms with van der Waals surface area (Å²) < 4.78 is 4.58. The number of ether oxygens (including phenoxy) is 1. The van der Waals surface area contributed by atoms with Crippen molar-refractivity contribution in [2.24, 2.45) is 5.73 Å². The van der Waals surface area contributed by atoms with Crippen LogP contribution in [0.3, 0.4) is 0 Å². The molecule has 1 unspecified atom stereocenters. The van der Waals surface area contributed by atoms with Crippen molar-refractivity contribution in [1.29, 1.82) is 0 Å². The van der Waals surface area contributed by atoms with Crippen LogP contribution in [0, 0.1) is 0 Å². The fourth-order valence-electron chi connectivity index (χ4n) is 1.59. The monoisotopic (exact) mass is 302 g/mol. The number of amides is 1. The Balaban J connectivity index is 0.000000219. The maximum absolute atomic E-state index is 10.4. The quantitative estimate of drug-likeness (QED) is 0.335. The summed E-state index contributed by atoms with van der Waals surface area (Å²) in [6.45, 7) is -0.526. The Hall–Kier alpha value is -1.62. The molecule has 21 heavy (non-hydrogen) atoms. The molecule has 0 radical (unpaired) electrons.